The van der Waals surface area contributed by atoms with Crippen LogP contribution in [0.3, 0.4) is 0 Å². The molecule has 0 saturated carbocycles. The summed E-state index contributed by atoms with van der Waals surface area (Å²) in [6.45, 7) is 0. The standard InChI is InChI=1S/C21H18NO2P/c23-25(18-10-3-1-4-11-18,19-12-5-2-6-13-19)24-22-21-16-15-17-9-7-8-14-20(17)21/h1-14H,15-16H2. The summed E-state index contributed by atoms with van der Waals surface area (Å²) in [5.74, 6) is 0. The zero-order valence-corrected chi connectivity index (χ0v) is 14.6. The molecule has 25 heavy (non-hydrogen) atoms. The molecule has 0 saturated heterocycles. The highest BCUT2D eigenvalue weighted by Gasteiger charge is 2.30. The topological polar surface area (TPSA) is 38.7 Å². The van der Waals surface area contributed by atoms with Crippen molar-refractivity contribution < 1.29 is 9.19 Å². The Bertz CT molecular complexity index is 908. The minimum atomic E-state index is -3.28. The van der Waals surface area contributed by atoms with Crippen LogP contribution in [-0.2, 0) is 15.6 Å². The van der Waals surface area contributed by atoms with Gasteiger partial charge in [0.15, 0.2) is 0 Å². The molecule has 0 bridgehead atoms. The van der Waals surface area contributed by atoms with Crippen molar-refractivity contribution in [1.82, 2.24) is 0 Å². The monoisotopic (exact) mass is 347 g/mol. The number of rotatable bonds is 4. The summed E-state index contributed by atoms with van der Waals surface area (Å²) in [7, 11) is -3.28. The Kier molecular flexibility index (Phi) is 4.25. The van der Waals surface area contributed by atoms with Crippen LogP contribution in [0.5, 0.6) is 0 Å². The van der Waals surface area contributed by atoms with E-state index in [0.717, 1.165) is 24.1 Å². The summed E-state index contributed by atoms with van der Waals surface area (Å²) < 4.78 is 19.5. The number of hydrogen-bond donors (Lipinski definition) is 0. The first-order chi connectivity index (χ1) is 12.3. The molecule has 4 rings (SSSR count). The fourth-order valence-corrected chi connectivity index (χ4v) is 4.93. The maximum atomic E-state index is 13.8. The van der Waals surface area contributed by atoms with Crippen LogP contribution in [0.1, 0.15) is 17.5 Å². The second-order valence-electron chi connectivity index (χ2n) is 6.00. The fourth-order valence-electron chi connectivity index (χ4n) is 3.10. The number of fused-ring (bicyclic) bond motifs is 1. The van der Waals surface area contributed by atoms with Gasteiger partial charge in [-0.1, -0.05) is 65.8 Å². The minimum Gasteiger partial charge on any atom is -0.330 e. The van der Waals surface area contributed by atoms with Crippen LogP contribution in [0, 0.1) is 0 Å². The highest BCUT2D eigenvalue weighted by molar-refractivity contribution is 7.74. The lowest BCUT2D eigenvalue weighted by Gasteiger charge is -2.16. The predicted octanol–water partition coefficient (Wildman–Crippen LogP) is 4.28. The summed E-state index contributed by atoms with van der Waals surface area (Å²) in [4.78, 5) is 0. The second kappa shape index (κ2) is 6.70. The third-order valence-corrected chi connectivity index (χ3v) is 6.69. The van der Waals surface area contributed by atoms with Crippen molar-refractivity contribution in [3.63, 3.8) is 0 Å². The lowest BCUT2D eigenvalue weighted by molar-refractivity contribution is 0.348. The molecule has 3 nitrogen and oxygen atoms in total. The Labute approximate surface area is 147 Å². The number of aryl methyl sites for hydroxylation is 1. The quantitative estimate of drug-likeness (QED) is 0.522. The van der Waals surface area contributed by atoms with Crippen molar-refractivity contribution in [1.29, 1.82) is 0 Å². The Morgan fingerprint density at radius 2 is 1.28 bits per heavy atom. The van der Waals surface area contributed by atoms with Gasteiger partial charge >= 0.3 is 7.37 Å². The number of nitrogens with zero attached hydrogens (tertiary/aromatic N) is 1. The van der Waals surface area contributed by atoms with Gasteiger partial charge in [-0.05, 0) is 42.7 Å². The van der Waals surface area contributed by atoms with Crippen molar-refractivity contribution >= 4 is 23.7 Å². The van der Waals surface area contributed by atoms with Crippen molar-refractivity contribution in [3.05, 3.63) is 96.1 Å². The maximum Gasteiger partial charge on any atom is 0.330 e. The van der Waals surface area contributed by atoms with E-state index in [0.29, 0.717) is 10.6 Å². The van der Waals surface area contributed by atoms with Gasteiger partial charge in [0, 0.05) is 5.56 Å². The van der Waals surface area contributed by atoms with E-state index in [-0.39, 0.29) is 0 Å². The van der Waals surface area contributed by atoms with E-state index in [9.17, 15) is 4.57 Å². The molecule has 124 valence electrons. The zero-order chi connectivity index (χ0) is 17.1. The molecule has 0 radical (unpaired) electrons. The lowest BCUT2D eigenvalue weighted by Crippen LogP contribution is -2.17. The molecule has 0 fully saturated rings. The van der Waals surface area contributed by atoms with Gasteiger partial charge in [-0.15, -0.1) is 0 Å². The van der Waals surface area contributed by atoms with Gasteiger partial charge in [0.2, 0.25) is 0 Å². The summed E-state index contributed by atoms with van der Waals surface area (Å²) in [6, 6.07) is 26.8. The van der Waals surface area contributed by atoms with Gasteiger partial charge in [0.25, 0.3) is 0 Å². The normalized spacial score (nSPS) is 15.1. The average Bonchev–Trinajstić information content (AvgIpc) is 3.11. The van der Waals surface area contributed by atoms with E-state index in [1.807, 2.05) is 78.9 Å². The van der Waals surface area contributed by atoms with Gasteiger partial charge in [-0.2, -0.15) is 0 Å². The molecule has 0 atom stereocenters. The zero-order valence-electron chi connectivity index (χ0n) is 13.7. The molecular formula is C21H18NO2P. The minimum absolute atomic E-state index is 0.650. The second-order valence-corrected chi connectivity index (χ2v) is 8.30. The fraction of sp³-hybridized carbons (Fsp3) is 0.0952. The number of oxime groups is 1. The molecule has 0 spiro atoms. The van der Waals surface area contributed by atoms with Crippen molar-refractivity contribution in [3.8, 4) is 0 Å². The van der Waals surface area contributed by atoms with E-state index < -0.39 is 7.37 Å². The first-order valence-corrected chi connectivity index (χ1v) is 9.95. The van der Waals surface area contributed by atoms with Crippen LogP contribution in [0.4, 0.5) is 0 Å². The van der Waals surface area contributed by atoms with E-state index in [2.05, 4.69) is 11.2 Å². The van der Waals surface area contributed by atoms with Crippen molar-refractivity contribution in [2.75, 3.05) is 0 Å². The third-order valence-electron chi connectivity index (χ3n) is 4.42. The van der Waals surface area contributed by atoms with Crippen LogP contribution in [0.2, 0.25) is 0 Å². The smallest absolute Gasteiger partial charge is 0.330 e. The Morgan fingerprint density at radius 1 is 0.720 bits per heavy atom. The van der Waals surface area contributed by atoms with Crippen LogP contribution in [0.25, 0.3) is 0 Å². The molecule has 0 unspecified atom stereocenters. The average molecular weight is 347 g/mol. The van der Waals surface area contributed by atoms with E-state index in [4.69, 9.17) is 4.62 Å². The van der Waals surface area contributed by atoms with E-state index in [1.54, 1.807) is 0 Å². The molecule has 0 aliphatic heterocycles. The van der Waals surface area contributed by atoms with Gasteiger partial charge in [0.05, 0.1) is 16.3 Å². The largest absolute Gasteiger partial charge is 0.330 e. The van der Waals surface area contributed by atoms with Crippen LogP contribution < -0.4 is 10.6 Å². The Balaban J connectivity index is 1.74. The molecule has 0 N–H and O–H groups in total. The Morgan fingerprint density at radius 3 is 1.92 bits per heavy atom. The molecule has 1 aliphatic rings. The van der Waals surface area contributed by atoms with Crippen LogP contribution in [0.15, 0.2) is 90.1 Å². The summed E-state index contributed by atoms with van der Waals surface area (Å²) in [5, 5.41) is 5.64. The molecule has 0 aromatic heterocycles. The van der Waals surface area contributed by atoms with Gasteiger partial charge in [-0.3, -0.25) is 4.57 Å². The molecule has 3 aromatic carbocycles. The van der Waals surface area contributed by atoms with E-state index in [1.165, 1.54) is 5.56 Å². The summed E-state index contributed by atoms with van der Waals surface area (Å²) in [6.07, 6.45) is 1.75. The molecular weight excluding hydrogens is 329 g/mol. The third kappa shape index (κ3) is 3.04. The maximum absolute atomic E-state index is 13.8. The molecule has 3 aromatic rings. The molecule has 1 aliphatic carbocycles. The van der Waals surface area contributed by atoms with Crippen LogP contribution >= 0.6 is 7.37 Å². The van der Waals surface area contributed by atoms with Gasteiger partial charge < -0.3 is 4.62 Å². The SMILES string of the molecule is O=P(ON=C1CCc2ccccc21)(c1ccccc1)c1ccccc1. The summed E-state index contributed by atoms with van der Waals surface area (Å²) in [5.41, 5.74) is 3.22. The molecule has 0 heterocycles. The predicted molar refractivity (Wildman–Crippen MR) is 102 cm³/mol. The lowest BCUT2D eigenvalue weighted by atomic mass is 10.1. The van der Waals surface area contributed by atoms with E-state index >= 15 is 0 Å². The Hall–Kier alpha value is -2.64. The van der Waals surface area contributed by atoms with Crippen molar-refractivity contribution in [2.45, 2.75) is 12.8 Å². The molecule has 4 heteroatoms. The summed E-state index contributed by atoms with van der Waals surface area (Å²) >= 11 is 0. The highest BCUT2D eigenvalue weighted by atomic mass is 31.2. The first-order valence-electron chi connectivity index (χ1n) is 8.32. The van der Waals surface area contributed by atoms with Gasteiger partial charge in [-0.25, -0.2) is 0 Å². The highest BCUT2D eigenvalue weighted by Crippen LogP contribution is 2.45. The van der Waals surface area contributed by atoms with Gasteiger partial charge in [0.1, 0.15) is 0 Å². The first kappa shape index (κ1) is 15.9. The molecule has 0 amide bonds. The number of benzene rings is 3. The number of hydrogen-bond acceptors (Lipinski definition) is 3. The van der Waals surface area contributed by atoms with Crippen LogP contribution in [-0.4, -0.2) is 5.71 Å². The van der Waals surface area contributed by atoms with Crippen molar-refractivity contribution in [2.24, 2.45) is 5.16 Å².